The molecule has 0 heteroatoms. The first-order chi connectivity index (χ1) is 28.7. The Morgan fingerprint density at radius 2 is 0.397 bits per heavy atom. The Balaban J connectivity index is 0.000000139. The van der Waals surface area contributed by atoms with E-state index in [1.54, 1.807) is 0 Å². The summed E-state index contributed by atoms with van der Waals surface area (Å²) in [6.45, 7) is 2.30. The monoisotopic (exact) mass is 746 g/mol. The van der Waals surface area contributed by atoms with Crippen LogP contribution in [-0.2, 0) is 17.3 Å². The van der Waals surface area contributed by atoms with E-state index in [1.807, 2.05) is 0 Å². The van der Waals surface area contributed by atoms with Crippen LogP contribution in [0.4, 0.5) is 0 Å². The van der Waals surface area contributed by atoms with E-state index in [0.29, 0.717) is 0 Å². The van der Waals surface area contributed by atoms with Crippen molar-refractivity contribution in [3.63, 3.8) is 0 Å². The SMILES string of the molecule is CC(c1ccccc1)(c1ccccc1)c1ccccc1.c1ccc(C(c2ccccc2)(c2ccccc2)c2ccccc2)cc1.c1ccc(Cc2ccccc2)cc1. The van der Waals surface area contributed by atoms with Gasteiger partial charge in [-0.05, 0) is 63.4 Å². The van der Waals surface area contributed by atoms with Gasteiger partial charge in [0.1, 0.15) is 0 Å². The highest BCUT2D eigenvalue weighted by molar-refractivity contribution is 5.59. The third-order valence-electron chi connectivity index (χ3n) is 11.0. The van der Waals surface area contributed by atoms with Gasteiger partial charge in [0.05, 0.1) is 5.41 Å². The van der Waals surface area contributed by atoms with Crippen LogP contribution in [0.1, 0.15) is 57.0 Å². The van der Waals surface area contributed by atoms with Gasteiger partial charge in [0, 0.05) is 5.41 Å². The maximum atomic E-state index is 2.30. The number of rotatable bonds is 9. The third kappa shape index (κ3) is 9.15. The molecule has 0 amide bonds. The predicted molar refractivity (Wildman–Crippen MR) is 245 cm³/mol. The Labute approximate surface area is 345 Å². The zero-order valence-corrected chi connectivity index (χ0v) is 33.2. The van der Waals surface area contributed by atoms with Crippen LogP contribution in [0.2, 0.25) is 0 Å². The molecule has 0 spiro atoms. The van der Waals surface area contributed by atoms with Gasteiger partial charge in [0.15, 0.2) is 0 Å². The largest absolute Gasteiger partial charge is 0.0701 e. The summed E-state index contributed by atoms with van der Waals surface area (Å²) in [5.74, 6) is 0. The molecule has 0 aliphatic rings. The molecule has 0 bridgehead atoms. The van der Waals surface area contributed by atoms with Gasteiger partial charge in [-0.2, -0.15) is 0 Å². The number of hydrogen-bond acceptors (Lipinski definition) is 0. The molecule has 0 saturated carbocycles. The quantitative estimate of drug-likeness (QED) is 0.129. The number of benzene rings is 9. The van der Waals surface area contributed by atoms with Crippen molar-refractivity contribution in [3.05, 3.63) is 323 Å². The summed E-state index contributed by atoms with van der Waals surface area (Å²) in [4.78, 5) is 0. The fraction of sp³-hybridized carbons (Fsp3) is 0.0690. The fourth-order valence-corrected chi connectivity index (χ4v) is 7.99. The Kier molecular flexibility index (Phi) is 13.3. The van der Waals surface area contributed by atoms with Crippen LogP contribution in [0.15, 0.2) is 273 Å². The molecule has 0 aromatic heterocycles. The molecular weight excluding hydrogens is 697 g/mol. The summed E-state index contributed by atoms with van der Waals surface area (Å²) in [7, 11) is 0. The van der Waals surface area contributed by atoms with Crippen LogP contribution in [0.3, 0.4) is 0 Å². The summed E-state index contributed by atoms with van der Waals surface area (Å²) >= 11 is 0. The minimum Gasteiger partial charge on any atom is -0.0622 e. The maximum Gasteiger partial charge on any atom is 0.0701 e. The Bertz CT molecular complexity index is 2170. The second-order valence-electron chi connectivity index (χ2n) is 14.6. The summed E-state index contributed by atoms with van der Waals surface area (Å²) in [5, 5.41) is 0. The highest BCUT2D eigenvalue weighted by Gasteiger charge is 2.38. The van der Waals surface area contributed by atoms with Crippen molar-refractivity contribution < 1.29 is 0 Å². The lowest BCUT2D eigenvalue weighted by Gasteiger charge is -2.36. The maximum absolute atomic E-state index is 2.30. The van der Waals surface area contributed by atoms with Gasteiger partial charge in [0.25, 0.3) is 0 Å². The molecule has 0 nitrogen and oxygen atoms in total. The average Bonchev–Trinajstić information content (AvgIpc) is 3.32. The molecule has 9 rings (SSSR count). The predicted octanol–water partition coefficient (Wildman–Crippen LogP) is 14.4. The summed E-state index contributed by atoms with van der Waals surface area (Å²) in [6, 6.07) is 96.3. The standard InChI is InChI=1S/C25H20.C20H18.C13H12/c1-5-13-21(14-6-1)25(22-15-7-2-8-16-22,23-17-9-3-10-18-23)24-19-11-4-12-20-24;1-20(17-11-5-2-6-12-17,18-13-7-3-8-14-18)19-15-9-4-10-16-19;1-3-7-12(8-4-1)11-13-9-5-2-6-10-13/h1-20H;2-16H,1H3;1-10H,11H2. The van der Waals surface area contributed by atoms with Crippen LogP contribution in [0, 0.1) is 0 Å². The van der Waals surface area contributed by atoms with Crippen LogP contribution in [0.5, 0.6) is 0 Å². The van der Waals surface area contributed by atoms with E-state index in [-0.39, 0.29) is 10.8 Å². The normalized spacial score (nSPS) is 10.9. The van der Waals surface area contributed by atoms with Gasteiger partial charge < -0.3 is 0 Å². The summed E-state index contributed by atoms with van der Waals surface area (Å²) < 4.78 is 0. The second kappa shape index (κ2) is 19.7. The molecule has 0 radical (unpaired) electrons. The van der Waals surface area contributed by atoms with Crippen molar-refractivity contribution in [3.8, 4) is 0 Å². The van der Waals surface area contributed by atoms with Crippen LogP contribution in [0.25, 0.3) is 0 Å². The topological polar surface area (TPSA) is 0 Å². The average molecular weight is 747 g/mol. The molecular formula is C58H50. The first-order valence-electron chi connectivity index (χ1n) is 20.2. The zero-order chi connectivity index (χ0) is 39.7. The van der Waals surface area contributed by atoms with Gasteiger partial charge in [-0.25, -0.2) is 0 Å². The molecule has 0 fully saturated rings. The molecule has 0 N–H and O–H groups in total. The highest BCUT2D eigenvalue weighted by atomic mass is 14.4. The molecule has 9 aromatic rings. The van der Waals surface area contributed by atoms with E-state index in [0.717, 1.165) is 6.42 Å². The van der Waals surface area contributed by atoms with Crippen molar-refractivity contribution in [2.75, 3.05) is 0 Å². The molecule has 282 valence electrons. The van der Waals surface area contributed by atoms with Gasteiger partial charge in [-0.15, -0.1) is 0 Å². The highest BCUT2D eigenvalue weighted by Crippen LogP contribution is 2.45. The first kappa shape index (κ1) is 39.2. The third-order valence-corrected chi connectivity index (χ3v) is 11.0. The van der Waals surface area contributed by atoms with Crippen molar-refractivity contribution in [1.82, 2.24) is 0 Å². The van der Waals surface area contributed by atoms with E-state index in [9.17, 15) is 0 Å². The minimum atomic E-state index is -0.328. The van der Waals surface area contributed by atoms with Crippen molar-refractivity contribution in [1.29, 1.82) is 0 Å². The molecule has 0 atom stereocenters. The van der Waals surface area contributed by atoms with E-state index in [4.69, 9.17) is 0 Å². The Morgan fingerprint density at radius 1 is 0.224 bits per heavy atom. The van der Waals surface area contributed by atoms with Crippen molar-refractivity contribution >= 4 is 0 Å². The van der Waals surface area contributed by atoms with Gasteiger partial charge in [-0.1, -0.05) is 273 Å². The van der Waals surface area contributed by atoms with Crippen molar-refractivity contribution in [2.24, 2.45) is 0 Å². The second-order valence-corrected chi connectivity index (χ2v) is 14.6. The molecule has 0 aliphatic heterocycles. The van der Waals surface area contributed by atoms with Gasteiger partial charge >= 0.3 is 0 Å². The van der Waals surface area contributed by atoms with Gasteiger partial charge in [0.2, 0.25) is 0 Å². The number of hydrogen-bond donors (Lipinski definition) is 0. The molecule has 0 aliphatic carbocycles. The van der Waals surface area contributed by atoms with E-state index in [1.165, 1.54) is 50.1 Å². The lowest BCUT2D eigenvalue weighted by atomic mass is 9.65. The Morgan fingerprint density at radius 3 is 0.603 bits per heavy atom. The van der Waals surface area contributed by atoms with Gasteiger partial charge in [-0.3, -0.25) is 0 Å². The Hall–Kier alpha value is -7.02. The smallest absolute Gasteiger partial charge is 0.0622 e. The van der Waals surface area contributed by atoms with Crippen LogP contribution >= 0.6 is 0 Å². The zero-order valence-electron chi connectivity index (χ0n) is 33.2. The van der Waals surface area contributed by atoms with E-state index in [2.05, 4.69) is 280 Å². The first-order valence-corrected chi connectivity index (χ1v) is 20.2. The molecule has 58 heavy (non-hydrogen) atoms. The van der Waals surface area contributed by atoms with E-state index < -0.39 is 0 Å². The van der Waals surface area contributed by atoms with Crippen LogP contribution < -0.4 is 0 Å². The molecule has 0 heterocycles. The minimum absolute atomic E-state index is 0.121. The van der Waals surface area contributed by atoms with E-state index >= 15 is 0 Å². The lowest BCUT2D eigenvalue weighted by molar-refractivity contribution is 0.692. The molecule has 0 unspecified atom stereocenters. The molecule has 0 saturated heterocycles. The van der Waals surface area contributed by atoms with Crippen LogP contribution in [-0.4, -0.2) is 0 Å². The van der Waals surface area contributed by atoms with Crippen molar-refractivity contribution in [2.45, 2.75) is 24.2 Å². The summed E-state index contributed by atoms with van der Waals surface area (Å²) in [5.41, 5.74) is 11.3. The lowest BCUT2D eigenvalue weighted by Crippen LogP contribution is -2.30. The summed E-state index contributed by atoms with van der Waals surface area (Å²) in [6.07, 6.45) is 1.03. The fourth-order valence-electron chi connectivity index (χ4n) is 7.99. The molecule has 9 aromatic carbocycles.